The lowest BCUT2D eigenvalue weighted by atomic mass is 9.96. The van der Waals surface area contributed by atoms with Crippen molar-refractivity contribution in [2.75, 3.05) is 0 Å². The van der Waals surface area contributed by atoms with Crippen LogP contribution in [-0.2, 0) is 0 Å². The summed E-state index contributed by atoms with van der Waals surface area (Å²) in [6.07, 6.45) is 0. The van der Waals surface area contributed by atoms with Crippen molar-refractivity contribution in [3.63, 3.8) is 0 Å². The Hall–Kier alpha value is -3.60. The summed E-state index contributed by atoms with van der Waals surface area (Å²) >= 11 is 0. The Morgan fingerprint density at radius 2 is 1.27 bits per heavy atom. The zero-order valence-corrected chi connectivity index (χ0v) is 12.1. The Balaban J connectivity index is 3.11. The number of nitriles is 2. The first-order valence-electron chi connectivity index (χ1n) is 6.42. The Morgan fingerprint density at radius 1 is 0.864 bits per heavy atom. The van der Waals surface area contributed by atoms with Gasteiger partial charge in [-0.05, 0) is 30.5 Å². The van der Waals surface area contributed by atoms with Gasteiger partial charge in [0.1, 0.15) is 0 Å². The van der Waals surface area contributed by atoms with Crippen LogP contribution in [0.2, 0.25) is 0 Å². The van der Waals surface area contributed by atoms with E-state index in [1.54, 1.807) is 0 Å². The van der Waals surface area contributed by atoms with Crippen LogP contribution in [0.1, 0.15) is 25.0 Å². The van der Waals surface area contributed by atoms with Crippen LogP contribution in [0, 0.1) is 35.8 Å². The van der Waals surface area contributed by atoms with Crippen molar-refractivity contribution in [1.82, 2.24) is 0 Å². The monoisotopic (exact) mass is 282 g/mol. The fourth-order valence-corrected chi connectivity index (χ4v) is 2.58. The van der Waals surface area contributed by atoms with Gasteiger partial charge < -0.3 is 0 Å². The van der Waals surface area contributed by atoms with Crippen LogP contribution in [0.25, 0.3) is 20.8 Å². The van der Waals surface area contributed by atoms with Crippen LogP contribution >= 0.6 is 0 Å². The summed E-state index contributed by atoms with van der Waals surface area (Å²) in [6, 6.07) is 11.1. The summed E-state index contributed by atoms with van der Waals surface area (Å²) in [5.41, 5.74) is 3.91. The number of hydrogen-bond donors (Lipinski definition) is 0. The van der Waals surface area contributed by atoms with Crippen LogP contribution in [0.4, 0.5) is 0 Å². The number of rotatable bonds is 0. The van der Waals surface area contributed by atoms with Crippen LogP contribution in [0.5, 0.6) is 0 Å². The fourth-order valence-electron chi connectivity index (χ4n) is 2.58. The van der Waals surface area contributed by atoms with Gasteiger partial charge in [-0.2, -0.15) is 0 Å². The minimum absolute atomic E-state index is 0.0269. The maximum absolute atomic E-state index is 9.27. The van der Waals surface area contributed by atoms with Crippen molar-refractivity contribution in [2.45, 2.75) is 13.8 Å². The molecule has 0 saturated heterocycles. The van der Waals surface area contributed by atoms with Crippen molar-refractivity contribution >= 4 is 11.1 Å². The second kappa shape index (κ2) is 5.80. The molecule has 1 aliphatic rings. The maximum Gasteiger partial charge on any atom is 0.270 e. The standard InChI is InChI=1S/C18H10N4/c1-11(2)16-17(14(9-19)21-3)12-7-5-6-8-13(12)18(16)15(10-20)22-4/h5-8H,1-2H3/b17-14-,18-15-. The molecule has 1 aromatic carbocycles. The molecule has 0 radical (unpaired) electrons. The molecule has 0 atom stereocenters. The van der Waals surface area contributed by atoms with Crippen LogP contribution in [0.15, 0.2) is 46.8 Å². The maximum atomic E-state index is 9.27. The van der Waals surface area contributed by atoms with Gasteiger partial charge in [0.25, 0.3) is 11.4 Å². The van der Waals surface area contributed by atoms with Gasteiger partial charge in [-0.3, -0.25) is 0 Å². The molecule has 4 nitrogen and oxygen atoms in total. The first-order chi connectivity index (χ1) is 10.6. The molecule has 0 fully saturated rings. The summed E-state index contributed by atoms with van der Waals surface area (Å²) in [5, 5.41) is 18.5. The van der Waals surface area contributed by atoms with E-state index in [2.05, 4.69) is 9.69 Å². The molecule has 0 spiro atoms. The van der Waals surface area contributed by atoms with Crippen LogP contribution < -0.4 is 0 Å². The molecular weight excluding hydrogens is 272 g/mol. The second-order valence-corrected chi connectivity index (χ2v) is 4.82. The Labute approximate surface area is 129 Å². The lowest BCUT2D eigenvalue weighted by Gasteiger charge is -2.08. The molecule has 2 rings (SSSR count). The van der Waals surface area contributed by atoms with Gasteiger partial charge in [0, 0.05) is 11.1 Å². The van der Waals surface area contributed by atoms with E-state index in [0.29, 0.717) is 16.7 Å². The molecule has 0 amide bonds. The van der Waals surface area contributed by atoms with E-state index in [1.165, 1.54) is 0 Å². The molecule has 0 saturated carbocycles. The first-order valence-corrected chi connectivity index (χ1v) is 6.42. The third kappa shape index (κ3) is 2.06. The highest BCUT2D eigenvalue weighted by molar-refractivity contribution is 6.11. The minimum Gasteiger partial charge on any atom is -0.226 e. The van der Waals surface area contributed by atoms with Gasteiger partial charge in [0.05, 0.1) is 25.3 Å². The molecule has 0 bridgehead atoms. The van der Waals surface area contributed by atoms with Gasteiger partial charge in [0.15, 0.2) is 0 Å². The summed E-state index contributed by atoms with van der Waals surface area (Å²) < 4.78 is 0. The number of benzene rings is 1. The van der Waals surface area contributed by atoms with Crippen LogP contribution in [-0.4, -0.2) is 0 Å². The largest absolute Gasteiger partial charge is 0.270 e. The van der Waals surface area contributed by atoms with Crippen molar-refractivity contribution in [2.24, 2.45) is 0 Å². The smallest absolute Gasteiger partial charge is 0.226 e. The lowest BCUT2D eigenvalue weighted by molar-refractivity contribution is 1.35. The minimum atomic E-state index is -0.0269. The summed E-state index contributed by atoms with van der Waals surface area (Å²) in [4.78, 5) is 6.63. The molecule has 0 aliphatic heterocycles. The number of nitrogens with zero attached hydrogens (tertiary/aromatic N) is 4. The lowest BCUT2D eigenvalue weighted by Crippen LogP contribution is -1.90. The summed E-state index contributed by atoms with van der Waals surface area (Å²) in [5.74, 6) is 0. The molecule has 0 N–H and O–H groups in total. The zero-order chi connectivity index (χ0) is 16.3. The third-order valence-electron chi connectivity index (χ3n) is 3.37. The SMILES string of the molecule is [C-]#[N+]/C(C#N)=C1\C(=C(C)C)/C(=C(/C#N)[N+]#[C-])c2ccccc21. The van der Waals surface area contributed by atoms with E-state index in [-0.39, 0.29) is 11.4 Å². The van der Waals surface area contributed by atoms with Gasteiger partial charge in [-0.15, -0.1) is 0 Å². The average molecular weight is 282 g/mol. The Morgan fingerprint density at radius 3 is 1.55 bits per heavy atom. The first kappa shape index (κ1) is 14.8. The highest BCUT2D eigenvalue weighted by Crippen LogP contribution is 2.49. The van der Waals surface area contributed by atoms with Crippen molar-refractivity contribution < 1.29 is 0 Å². The second-order valence-electron chi connectivity index (χ2n) is 4.82. The molecule has 4 heteroatoms. The van der Waals surface area contributed by atoms with E-state index < -0.39 is 0 Å². The average Bonchev–Trinajstić information content (AvgIpc) is 2.86. The molecule has 1 aromatic rings. The van der Waals surface area contributed by atoms with Gasteiger partial charge in [0.2, 0.25) is 0 Å². The van der Waals surface area contributed by atoms with E-state index in [0.717, 1.165) is 16.7 Å². The molecule has 0 heterocycles. The zero-order valence-electron chi connectivity index (χ0n) is 12.1. The molecule has 22 heavy (non-hydrogen) atoms. The van der Waals surface area contributed by atoms with E-state index in [1.807, 2.05) is 50.3 Å². The third-order valence-corrected chi connectivity index (χ3v) is 3.37. The van der Waals surface area contributed by atoms with E-state index in [4.69, 9.17) is 13.1 Å². The van der Waals surface area contributed by atoms with Gasteiger partial charge in [-0.25, -0.2) is 20.2 Å². The van der Waals surface area contributed by atoms with E-state index in [9.17, 15) is 10.5 Å². The molecular formula is C18H10N4. The quantitative estimate of drug-likeness (QED) is 0.525. The van der Waals surface area contributed by atoms with Gasteiger partial charge in [-0.1, -0.05) is 29.8 Å². The van der Waals surface area contributed by atoms with Crippen LogP contribution in [0.3, 0.4) is 0 Å². The summed E-state index contributed by atoms with van der Waals surface area (Å²) in [7, 11) is 0. The highest BCUT2D eigenvalue weighted by Gasteiger charge is 2.31. The van der Waals surface area contributed by atoms with Crippen molar-refractivity contribution in [3.8, 4) is 12.1 Å². The highest BCUT2D eigenvalue weighted by atomic mass is 14.7. The predicted molar refractivity (Wildman–Crippen MR) is 83.1 cm³/mol. The van der Waals surface area contributed by atoms with E-state index >= 15 is 0 Å². The molecule has 0 aromatic heterocycles. The summed E-state index contributed by atoms with van der Waals surface area (Å²) in [6.45, 7) is 18.2. The number of fused-ring (bicyclic) bond motifs is 1. The Kier molecular flexibility index (Phi) is 3.90. The molecule has 1 aliphatic carbocycles. The van der Waals surface area contributed by atoms with Gasteiger partial charge >= 0.3 is 0 Å². The Bertz CT molecular complexity index is 822. The molecule has 0 unspecified atom stereocenters. The van der Waals surface area contributed by atoms with Crippen molar-refractivity contribution in [3.05, 3.63) is 80.8 Å². The normalized spacial score (nSPS) is 16.5. The number of hydrogen-bond acceptors (Lipinski definition) is 2. The van der Waals surface area contributed by atoms with Crippen molar-refractivity contribution in [1.29, 1.82) is 10.5 Å². The number of allylic oxidation sites excluding steroid dienone is 6. The topological polar surface area (TPSA) is 56.3 Å². The predicted octanol–water partition coefficient (Wildman–Crippen LogP) is 4.34. The fraction of sp³-hybridized carbons (Fsp3) is 0.111. The molecule has 102 valence electrons.